The van der Waals surface area contributed by atoms with Crippen LogP contribution in [0.4, 0.5) is 0 Å². The zero-order chi connectivity index (χ0) is 15.1. The molecule has 0 aromatic rings. The van der Waals surface area contributed by atoms with Crippen molar-refractivity contribution in [3.8, 4) is 0 Å². The average Bonchev–Trinajstić information content (AvgIpc) is 2.27. The van der Waals surface area contributed by atoms with E-state index in [0.717, 1.165) is 12.8 Å². The minimum absolute atomic E-state index is 0.0783. The van der Waals surface area contributed by atoms with Crippen molar-refractivity contribution in [3.63, 3.8) is 0 Å². The van der Waals surface area contributed by atoms with Gasteiger partial charge in [-0.15, -0.1) is 0 Å². The summed E-state index contributed by atoms with van der Waals surface area (Å²) < 4.78 is 6.39. The van der Waals surface area contributed by atoms with Crippen LogP contribution in [0.25, 0.3) is 0 Å². The normalized spacial score (nSPS) is 16.4. The fourth-order valence-electron chi connectivity index (χ4n) is 1.82. The zero-order valence-electron chi connectivity index (χ0n) is 13.7. The SMILES string of the molecule is CCCCC[C@H](C[C@H](O)CO)O[Si](C)(C)C(C)(C)C. The summed E-state index contributed by atoms with van der Waals surface area (Å²) >= 11 is 0. The number of hydrogen-bond donors (Lipinski definition) is 2. The summed E-state index contributed by atoms with van der Waals surface area (Å²) in [5.74, 6) is 0. The van der Waals surface area contributed by atoms with E-state index in [2.05, 4.69) is 40.8 Å². The monoisotopic (exact) mass is 290 g/mol. The number of rotatable bonds is 9. The van der Waals surface area contributed by atoms with Crippen LogP contribution in [-0.2, 0) is 4.43 Å². The number of aliphatic hydroxyl groups is 2. The lowest BCUT2D eigenvalue weighted by molar-refractivity contribution is 0.0421. The average molecular weight is 291 g/mol. The fraction of sp³-hybridized carbons (Fsp3) is 1.00. The number of unbranched alkanes of at least 4 members (excludes halogenated alkanes) is 2. The van der Waals surface area contributed by atoms with E-state index in [1.165, 1.54) is 12.8 Å². The smallest absolute Gasteiger partial charge is 0.192 e. The molecule has 0 aliphatic heterocycles. The Balaban J connectivity index is 4.55. The van der Waals surface area contributed by atoms with Crippen LogP contribution in [-0.4, -0.2) is 37.3 Å². The van der Waals surface area contributed by atoms with Gasteiger partial charge in [0.05, 0.1) is 12.7 Å². The van der Waals surface area contributed by atoms with Crippen LogP contribution in [0.5, 0.6) is 0 Å². The molecule has 116 valence electrons. The van der Waals surface area contributed by atoms with Gasteiger partial charge in [-0.2, -0.15) is 0 Å². The highest BCUT2D eigenvalue weighted by Gasteiger charge is 2.39. The Bertz CT molecular complexity index is 236. The van der Waals surface area contributed by atoms with Gasteiger partial charge >= 0.3 is 0 Å². The van der Waals surface area contributed by atoms with Crippen molar-refractivity contribution in [2.45, 2.75) is 90.1 Å². The van der Waals surface area contributed by atoms with Gasteiger partial charge in [-0.25, -0.2) is 0 Å². The van der Waals surface area contributed by atoms with Crippen molar-refractivity contribution >= 4 is 8.32 Å². The van der Waals surface area contributed by atoms with Crippen LogP contribution in [0.3, 0.4) is 0 Å². The van der Waals surface area contributed by atoms with E-state index in [-0.39, 0.29) is 17.7 Å². The van der Waals surface area contributed by atoms with Crippen molar-refractivity contribution in [1.82, 2.24) is 0 Å². The van der Waals surface area contributed by atoms with Crippen molar-refractivity contribution in [2.24, 2.45) is 0 Å². The van der Waals surface area contributed by atoms with Gasteiger partial charge in [0.25, 0.3) is 0 Å². The highest BCUT2D eigenvalue weighted by atomic mass is 28.4. The topological polar surface area (TPSA) is 49.7 Å². The third kappa shape index (κ3) is 7.44. The van der Waals surface area contributed by atoms with E-state index in [1.54, 1.807) is 0 Å². The molecule has 2 atom stereocenters. The molecule has 0 fully saturated rings. The number of hydrogen-bond acceptors (Lipinski definition) is 3. The quantitative estimate of drug-likeness (QED) is 0.503. The standard InChI is InChI=1S/C15H34O3Si/c1-7-8-9-10-14(11-13(17)12-16)18-19(5,6)15(2,3)4/h13-14,16-17H,7-12H2,1-6H3/t13-,14+/m0/s1. The highest BCUT2D eigenvalue weighted by molar-refractivity contribution is 6.74. The van der Waals surface area contributed by atoms with Gasteiger partial charge in [-0.3, -0.25) is 0 Å². The summed E-state index contributed by atoms with van der Waals surface area (Å²) in [6.07, 6.45) is 4.48. The van der Waals surface area contributed by atoms with Gasteiger partial charge in [0, 0.05) is 12.5 Å². The molecule has 0 saturated carbocycles. The molecule has 0 radical (unpaired) electrons. The first kappa shape index (κ1) is 19.1. The van der Waals surface area contributed by atoms with Crippen LogP contribution < -0.4 is 0 Å². The molecule has 4 heteroatoms. The predicted octanol–water partition coefficient (Wildman–Crippen LogP) is 3.70. The van der Waals surface area contributed by atoms with E-state index in [4.69, 9.17) is 9.53 Å². The molecule has 0 saturated heterocycles. The lowest BCUT2D eigenvalue weighted by Gasteiger charge is -2.39. The summed E-state index contributed by atoms with van der Waals surface area (Å²) in [5.41, 5.74) is 0. The van der Waals surface area contributed by atoms with E-state index in [0.29, 0.717) is 6.42 Å². The first-order valence-electron chi connectivity index (χ1n) is 7.60. The van der Waals surface area contributed by atoms with Crippen molar-refractivity contribution < 1.29 is 14.6 Å². The largest absolute Gasteiger partial charge is 0.414 e. The maximum absolute atomic E-state index is 9.67. The molecule has 0 rings (SSSR count). The van der Waals surface area contributed by atoms with Crippen molar-refractivity contribution in [3.05, 3.63) is 0 Å². The fourth-order valence-corrected chi connectivity index (χ4v) is 3.22. The van der Waals surface area contributed by atoms with Gasteiger partial charge in [0.2, 0.25) is 0 Å². The number of aliphatic hydroxyl groups excluding tert-OH is 2. The molecule has 0 amide bonds. The van der Waals surface area contributed by atoms with Crippen molar-refractivity contribution in [2.75, 3.05) is 6.61 Å². The lowest BCUT2D eigenvalue weighted by atomic mass is 10.1. The first-order valence-corrected chi connectivity index (χ1v) is 10.5. The summed E-state index contributed by atoms with van der Waals surface area (Å²) in [6.45, 7) is 13.2. The molecule has 0 aromatic carbocycles. The molecule has 0 heterocycles. The Kier molecular flexibility index (Phi) is 8.44. The molecule has 19 heavy (non-hydrogen) atoms. The van der Waals surface area contributed by atoms with Crippen molar-refractivity contribution in [1.29, 1.82) is 0 Å². The summed E-state index contributed by atoms with van der Waals surface area (Å²) in [6, 6.07) is 0. The Hall–Kier alpha value is 0.0969. The third-order valence-corrected chi connectivity index (χ3v) is 8.68. The predicted molar refractivity (Wildman–Crippen MR) is 83.9 cm³/mol. The highest BCUT2D eigenvalue weighted by Crippen LogP contribution is 2.38. The molecule has 0 aliphatic rings. The van der Waals surface area contributed by atoms with Gasteiger partial charge in [-0.05, 0) is 24.6 Å². The summed E-state index contributed by atoms with van der Waals surface area (Å²) in [5, 5.41) is 18.9. The maximum atomic E-state index is 9.67. The Morgan fingerprint density at radius 2 is 1.74 bits per heavy atom. The molecule has 0 bridgehead atoms. The molecule has 0 spiro atoms. The van der Waals surface area contributed by atoms with E-state index < -0.39 is 14.4 Å². The zero-order valence-corrected chi connectivity index (χ0v) is 14.7. The molecule has 0 aliphatic carbocycles. The van der Waals surface area contributed by atoms with Gasteiger partial charge < -0.3 is 14.6 Å². The van der Waals surface area contributed by atoms with Crippen LogP contribution in [0.15, 0.2) is 0 Å². The minimum atomic E-state index is -1.80. The Morgan fingerprint density at radius 3 is 2.16 bits per heavy atom. The molecule has 0 aromatic heterocycles. The maximum Gasteiger partial charge on any atom is 0.192 e. The second-order valence-electron chi connectivity index (χ2n) is 7.07. The van der Waals surface area contributed by atoms with Gasteiger partial charge in [0.15, 0.2) is 8.32 Å². The molecular formula is C15H34O3Si. The third-order valence-electron chi connectivity index (χ3n) is 4.14. The molecule has 3 nitrogen and oxygen atoms in total. The Labute approximate surface area is 120 Å². The first-order chi connectivity index (χ1) is 8.64. The summed E-state index contributed by atoms with van der Waals surface area (Å²) in [4.78, 5) is 0. The lowest BCUT2D eigenvalue weighted by Crippen LogP contribution is -2.44. The van der Waals surface area contributed by atoms with Gasteiger partial charge in [-0.1, -0.05) is 47.0 Å². The van der Waals surface area contributed by atoms with E-state index >= 15 is 0 Å². The second-order valence-corrected chi connectivity index (χ2v) is 11.8. The van der Waals surface area contributed by atoms with Crippen LogP contribution in [0, 0.1) is 0 Å². The van der Waals surface area contributed by atoms with Crippen LogP contribution >= 0.6 is 0 Å². The summed E-state index contributed by atoms with van der Waals surface area (Å²) in [7, 11) is -1.80. The van der Waals surface area contributed by atoms with Gasteiger partial charge in [0.1, 0.15) is 0 Å². The second kappa shape index (κ2) is 8.40. The Morgan fingerprint density at radius 1 is 1.16 bits per heavy atom. The molecule has 0 unspecified atom stereocenters. The van der Waals surface area contributed by atoms with E-state index in [9.17, 15) is 5.11 Å². The molecular weight excluding hydrogens is 256 g/mol. The van der Waals surface area contributed by atoms with Crippen LogP contribution in [0.2, 0.25) is 18.1 Å². The molecule has 2 N–H and O–H groups in total. The van der Waals surface area contributed by atoms with Crippen LogP contribution in [0.1, 0.15) is 59.8 Å². The minimum Gasteiger partial charge on any atom is -0.414 e. The van der Waals surface area contributed by atoms with E-state index in [1.807, 2.05) is 0 Å².